The van der Waals surface area contributed by atoms with Crippen LogP contribution in [0.1, 0.15) is 22.5 Å². The van der Waals surface area contributed by atoms with Crippen molar-refractivity contribution in [1.82, 2.24) is 9.99 Å². The minimum Gasteiger partial charge on any atom is -0.318 e. The minimum atomic E-state index is -3.97. The van der Waals surface area contributed by atoms with Crippen molar-refractivity contribution in [3.8, 4) is 5.69 Å². The molecule has 1 N–H and O–H groups in total. The van der Waals surface area contributed by atoms with Crippen molar-refractivity contribution >= 4 is 50.4 Å². The zero-order valence-electron chi connectivity index (χ0n) is 20.7. The first-order valence-electron chi connectivity index (χ1n) is 11.6. The van der Waals surface area contributed by atoms with Gasteiger partial charge in [-0.3, -0.25) is 9.10 Å². The van der Waals surface area contributed by atoms with Gasteiger partial charge in [-0.1, -0.05) is 35.9 Å². The van der Waals surface area contributed by atoms with Gasteiger partial charge in [0.05, 0.1) is 16.8 Å². The smallest absolute Gasteiger partial charge is 0.264 e. The Balaban J connectivity index is 1.53. The van der Waals surface area contributed by atoms with Crippen molar-refractivity contribution in [3.63, 3.8) is 0 Å². The van der Waals surface area contributed by atoms with E-state index < -0.39 is 22.5 Å². The van der Waals surface area contributed by atoms with Gasteiger partial charge in [0.2, 0.25) is 0 Å². The molecule has 1 heterocycles. The number of aryl methyl sites for hydroxylation is 2. The molecule has 4 aromatic rings. The molecule has 9 heteroatoms. The van der Waals surface area contributed by atoms with E-state index in [0.717, 1.165) is 30.5 Å². The summed E-state index contributed by atoms with van der Waals surface area (Å²) in [5.74, 6) is -0.554. The average Bonchev–Trinajstić information content (AvgIpc) is 3.17. The number of nitrogens with one attached hydrogen (secondary N) is 1. The van der Waals surface area contributed by atoms with Gasteiger partial charge in [0.1, 0.15) is 6.54 Å². The van der Waals surface area contributed by atoms with E-state index in [1.165, 1.54) is 17.7 Å². The molecule has 0 unspecified atom stereocenters. The number of nitrogens with zero attached hydrogens (tertiary/aromatic N) is 3. The van der Waals surface area contributed by atoms with Crippen molar-refractivity contribution in [3.05, 3.63) is 111 Å². The van der Waals surface area contributed by atoms with Crippen LogP contribution >= 0.6 is 22.6 Å². The first-order chi connectivity index (χ1) is 17.7. The summed E-state index contributed by atoms with van der Waals surface area (Å²) >= 11 is 2.15. The number of benzene rings is 3. The maximum absolute atomic E-state index is 13.4. The maximum Gasteiger partial charge on any atom is 0.264 e. The summed E-state index contributed by atoms with van der Waals surface area (Å²) in [6, 6.07) is 25.2. The molecular formula is C28H27IN4O3S. The fraction of sp³-hybridized carbons (Fsp3) is 0.143. The standard InChI is InChI=1S/C28H27IN4O3S/c1-20-9-13-26(14-10-20)33-21(2)17-23(22(33)3)18-30-31-28(34)19-32(25-15-11-24(29)12-16-25)37(35,36)27-7-5-4-6-8-27/h4-18H,19H2,1-3H3,(H,31,34)/b30-18-. The van der Waals surface area contributed by atoms with Gasteiger partial charge in [0, 0.05) is 26.2 Å². The largest absolute Gasteiger partial charge is 0.318 e. The molecule has 0 aliphatic rings. The lowest BCUT2D eigenvalue weighted by Crippen LogP contribution is -2.39. The Morgan fingerprint density at radius 2 is 1.62 bits per heavy atom. The Morgan fingerprint density at radius 3 is 2.27 bits per heavy atom. The SMILES string of the molecule is Cc1ccc(-n2c(C)cc(/C=N\NC(=O)CN(c3ccc(I)cc3)S(=O)(=O)c3ccccc3)c2C)cc1. The van der Waals surface area contributed by atoms with Crippen molar-refractivity contribution in [1.29, 1.82) is 0 Å². The predicted octanol–water partition coefficient (Wildman–Crippen LogP) is 5.35. The van der Waals surface area contributed by atoms with Gasteiger partial charge in [-0.2, -0.15) is 5.10 Å². The van der Waals surface area contributed by atoms with Crippen molar-refractivity contribution in [2.75, 3.05) is 10.8 Å². The molecule has 0 atom stereocenters. The third-order valence-electron chi connectivity index (χ3n) is 5.89. The second-order valence-corrected chi connectivity index (χ2v) is 11.7. The van der Waals surface area contributed by atoms with Crippen LogP contribution in [-0.4, -0.2) is 31.7 Å². The van der Waals surface area contributed by atoms with E-state index in [1.54, 1.807) is 48.7 Å². The number of sulfonamides is 1. The maximum atomic E-state index is 13.4. The van der Waals surface area contributed by atoms with E-state index in [4.69, 9.17) is 0 Å². The molecule has 0 spiro atoms. The summed E-state index contributed by atoms with van der Waals surface area (Å²) in [5, 5.41) is 4.12. The lowest BCUT2D eigenvalue weighted by Gasteiger charge is -2.23. The number of anilines is 1. The molecule has 0 saturated carbocycles. The number of hydrazone groups is 1. The van der Waals surface area contributed by atoms with Crippen LogP contribution in [-0.2, 0) is 14.8 Å². The summed E-state index contributed by atoms with van der Waals surface area (Å²) in [6.07, 6.45) is 1.58. The molecule has 37 heavy (non-hydrogen) atoms. The fourth-order valence-corrected chi connectivity index (χ4v) is 5.79. The number of amides is 1. The number of rotatable bonds is 8. The average molecular weight is 627 g/mol. The van der Waals surface area contributed by atoms with Crippen LogP contribution in [0.4, 0.5) is 5.69 Å². The van der Waals surface area contributed by atoms with Crippen LogP contribution in [0, 0.1) is 24.3 Å². The molecule has 0 fully saturated rings. The van der Waals surface area contributed by atoms with Gasteiger partial charge >= 0.3 is 0 Å². The first-order valence-corrected chi connectivity index (χ1v) is 14.1. The molecule has 1 aromatic heterocycles. The molecule has 7 nitrogen and oxygen atoms in total. The third kappa shape index (κ3) is 6.11. The number of aromatic nitrogens is 1. The van der Waals surface area contributed by atoms with E-state index in [-0.39, 0.29) is 4.90 Å². The summed E-state index contributed by atoms with van der Waals surface area (Å²) < 4.78 is 30.9. The quantitative estimate of drug-likeness (QED) is 0.163. The third-order valence-corrected chi connectivity index (χ3v) is 8.40. The number of hydrogen-bond donors (Lipinski definition) is 1. The first kappa shape index (κ1) is 26.6. The Morgan fingerprint density at radius 1 is 0.973 bits per heavy atom. The normalized spacial score (nSPS) is 11.6. The molecule has 0 radical (unpaired) electrons. The summed E-state index contributed by atoms with van der Waals surface area (Å²) in [7, 11) is -3.97. The van der Waals surface area contributed by atoms with Crippen molar-refractivity contribution < 1.29 is 13.2 Å². The highest BCUT2D eigenvalue weighted by Gasteiger charge is 2.27. The topological polar surface area (TPSA) is 83.8 Å². The molecule has 0 bridgehead atoms. The molecule has 0 aliphatic carbocycles. The van der Waals surface area contributed by atoms with Gasteiger partial charge in [0.25, 0.3) is 15.9 Å². The monoisotopic (exact) mass is 626 g/mol. The Bertz CT molecular complexity index is 1530. The predicted molar refractivity (Wildman–Crippen MR) is 156 cm³/mol. The molecule has 0 saturated heterocycles. The molecule has 1 amide bonds. The molecule has 3 aromatic carbocycles. The zero-order valence-corrected chi connectivity index (χ0v) is 23.7. The van der Waals surface area contributed by atoms with E-state index in [9.17, 15) is 13.2 Å². The number of hydrogen-bond acceptors (Lipinski definition) is 4. The van der Waals surface area contributed by atoms with Crippen molar-refractivity contribution in [2.24, 2.45) is 5.10 Å². The van der Waals surface area contributed by atoms with Crippen LogP contribution in [0.15, 0.2) is 94.9 Å². The summed E-state index contributed by atoms with van der Waals surface area (Å²) in [5.41, 5.74) is 7.97. The Kier molecular flexibility index (Phi) is 8.13. The highest BCUT2D eigenvalue weighted by Crippen LogP contribution is 2.24. The molecule has 0 aliphatic heterocycles. The van der Waals surface area contributed by atoms with Crippen molar-refractivity contribution in [2.45, 2.75) is 25.7 Å². The van der Waals surface area contributed by atoms with Gasteiger partial charge in [0.15, 0.2) is 0 Å². The van der Waals surface area contributed by atoms with Gasteiger partial charge in [-0.15, -0.1) is 0 Å². The Labute approximate surface area is 231 Å². The molecule has 190 valence electrons. The number of carbonyl (C=O) groups excluding carboxylic acids is 1. The van der Waals surface area contributed by atoms with Gasteiger partial charge in [-0.25, -0.2) is 13.8 Å². The number of carbonyl (C=O) groups is 1. The van der Waals surface area contributed by atoms with Crippen LogP contribution in [0.3, 0.4) is 0 Å². The lowest BCUT2D eigenvalue weighted by atomic mass is 10.2. The molecular weight excluding hydrogens is 599 g/mol. The van der Waals surface area contributed by atoms with Gasteiger partial charge < -0.3 is 4.57 Å². The summed E-state index contributed by atoms with van der Waals surface area (Å²) in [4.78, 5) is 12.9. The fourth-order valence-electron chi connectivity index (χ4n) is 3.99. The van der Waals surface area contributed by atoms with Crippen LogP contribution in [0.5, 0.6) is 0 Å². The van der Waals surface area contributed by atoms with E-state index in [0.29, 0.717) is 5.69 Å². The zero-order chi connectivity index (χ0) is 26.6. The van der Waals surface area contributed by atoms with E-state index in [1.807, 2.05) is 26.8 Å². The second-order valence-electron chi connectivity index (χ2n) is 8.59. The van der Waals surface area contributed by atoms with Crippen LogP contribution in [0.25, 0.3) is 5.69 Å². The van der Waals surface area contributed by atoms with E-state index in [2.05, 4.69) is 62.0 Å². The molecule has 4 rings (SSSR count). The van der Waals surface area contributed by atoms with Crippen LogP contribution < -0.4 is 9.73 Å². The van der Waals surface area contributed by atoms with Crippen LogP contribution in [0.2, 0.25) is 0 Å². The highest BCUT2D eigenvalue weighted by molar-refractivity contribution is 14.1. The van der Waals surface area contributed by atoms with E-state index >= 15 is 0 Å². The second kappa shape index (κ2) is 11.3. The highest BCUT2D eigenvalue weighted by atomic mass is 127. The van der Waals surface area contributed by atoms with Gasteiger partial charge in [-0.05, 0) is 98.0 Å². The number of halogens is 1. The lowest BCUT2D eigenvalue weighted by molar-refractivity contribution is -0.119. The Hall–Kier alpha value is -3.44. The summed E-state index contributed by atoms with van der Waals surface area (Å²) in [6.45, 7) is 5.62. The minimum absolute atomic E-state index is 0.105.